The second kappa shape index (κ2) is 9.38. The van der Waals surface area contributed by atoms with E-state index in [1.807, 2.05) is 66.7 Å². The Hall–Kier alpha value is -2.43. The minimum Gasteiger partial charge on any atom is -0.489 e. The molecule has 0 bridgehead atoms. The first-order valence-corrected chi connectivity index (χ1v) is 10.7. The van der Waals surface area contributed by atoms with Gasteiger partial charge in [0.25, 0.3) is 0 Å². The normalized spacial score (nSPS) is 15.8. The van der Waals surface area contributed by atoms with Crippen LogP contribution in [0.2, 0.25) is 0 Å². The number of aryl methyl sites for hydroxylation is 1. The van der Waals surface area contributed by atoms with Crippen molar-refractivity contribution in [3.05, 3.63) is 99.5 Å². The van der Waals surface area contributed by atoms with E-state index in [1.54, 1.807) is 0 Å². The summed E-state index contributed by atoms with van der Waals surface area (Å²) in [7, 11) is 0. The highest BCUT2D eigenvalue weighted by atomic mass is 79.9. The van der Waals surface area contributed by atoms with Gasteiger partial charge >= 0.3 is 0 Å². The molecule has 1 unspecified atom stereocenters. The van der Waals surface area contributed by atoms with Crippen LogP contribution in [0, 0.1) is 0 Å². The third-order valence-electron chi connectivity index (χ3n) is 5.19. The van der Waals surface area contributed by atoms with Crippen molar-refractivity contribution >= 4 is 21.7 Å². The van der Waals surface area contributed by atoms with E-state index in [2.05, 4.69) is 22.0 Å². The number of halogens is 1. The quantitative estimate of drug-likeness (QED) is 0.434. The number of carbonyl (C=O) groups is 1. The van der Waals surface area contributed by atoms with Crippen LogP contribution in [-0.2, 0) is 24.4 Å². The fourth-order valence-corrected chi connectivity index (χ4v) is 4.08. The molecule has 1 heterocycles. The molecule has 1 atom stereocenters. The van der Waals surface area contributed by atoms with E-state index in [4.69, 9.17) is 9.47 Å². The summed E-state index contributed by atoms with van der Waals surface area (Å²) < 4.78 is 12.9. The number of Topliss-reactive ketones (excluding diaryl/α,β-unsaturated/α-hetero) is 1. The van der Waals surface area contributed by atoms with Gasteiger partial charge in [-0.3, -0.25) is 4.79 Å². The Morgan fingerprint density at radius 3 is 2.62 bits per heavy atom. The molecule has 3 aromatic rings. The zero-order valence-electron chi connectivity index (χ0n) is 16.1. The van der Waals surface area contributed by atoms with Crippen LogP contribution in [0.1, 0.15) is 39.9 Å². The van der Waals surface area contributed by atoms with Crippen molar-refractivity contribution in [1.29, 1.82) is 0 Å². The lowest BCUT2D eigenvalue weighted by molar-refractivity contribution is 0.0222. The Labute approximate surface area is 179 Å². The maximum atomic E-state index is 12.8. The van der Waals surface area contributed by atoms with Crippen LogP contribution in [0.4, 0.5) is 0 Å². The molecule has 0 amide bonds. The van der Waals surface area contributed by atoms with Crippen LogP contribution in [0.15, 0.2) is 77.3 Å². The van der Waals surface area contributed by atoms with Gasteiger partial charge in [0.15, 0.2) is 5.78 Å². The molecule has 29 heavy (non-hydrogen) atoms. The average Bonchev–Trinajstić information content (AvgIpc) is 2.76. The van der Waals surface area contributed by atoms with Gasteiger partial charge in [-0.25, -0.2) is 0 Å². The van der Waals surface area contributed by atoms with Gasteiger partial charge in [-0.1, -0.05) is 64.5 Å². The van der Waals surface area contributed by atoms with Crippen LogP contribution in [0.25, 0.3) is 0 Å². The van der Waals surface area contributed by atoms with Gasteiger partial charge in [-0.05, 0) is 60.2 Å². The smallest absolute Gasteiger partial charge is 0.191 e. The number of rotatable bonds is 7. The Balaban J connectivity index is 1.34. The highest BCUT2D eigenvalue weighted by Gasteiger charge is 2.28. The summed E-state index contributed by atoms with van der Waals surface area (Å²) in [6, 6.07) is 23.9. The first kappa shape index (κ1) is 19.9. The number of hydrogen-bond acceptors (Lipinski definition) is 3. The third kappa shape index (κ3) is 4.95. The number of fused-ring (bicyclic) bond motifs is 1. The van der Waals surface area contributed by atoms with Crippen molar-refractivity contribution < 1.29 is 14.3 Å². The molecule has 1 aliphatic rings. The number of carbonyl (C=O) groups excluding carboxylic acids is 1. The SMILES string of the molecule is O=C1c2ccc(OCc3ccccc3)cc2COC1CCCc1ccccc1Br. The molecule has 0 spiro atoms. The van der Waals surface area contributed by atoms with E-state index in [9.17, 15) is 4.79 Å². The van der Waals surface area contributed by atoms with Crippen molar-refractivity contribution in [1.82, 2.24) is 0 Å². The van der Waals surface area contributed by atoms with Crippen LogP contribution >= 0.6 is 15.9 Å². The summed E-state index contributed by atoms with van der Waals surface area (Å²) in [5.41, 5.74) is 4.04. The van der Waals surface area contributed by atoms with Gasteiger partial charge in [-0.15, -0.1) is 0 Å². The van der Waals surface area contributed by atoms with Crippen molar-refractivity contribution in [3.8, 4) is 5.75 Å². The molecule has 0 saturated carbocycles. The summed E-state index contributed by atoms with van der Waals surface area (Å²) in [5.74, 6) is 0.837. The van der Waals surface area contributed by atoms with Crippen molar-refractivity contribution in [2.75, 3.05) is 0 Å². The van der Waals surface area contributed by atoms with Crippen LogP contribution < -0.4 is 4.74 Å². The minimum absolute atomic E-state index is 0.0768. The van der Waals surface area contributed by atoms with E-state index >= 15 is 0 Å². The molecule has 3 nitrogen and oxygen atoms in total. The van der Waals surface area contributed by atoms with E-state index in [-0.39, 0.29) is 11.9 Å². The summed E-state index contributed by atoms with van der Waals surface area (Å²) in [6.45, 7) is 0.954. The van der Waals surface area contributed by atoms with E-state index in [0.717, 1.165) is 46.2 Å². The lowest BCUT2D eigenvalue weighted by Crippen LogP contribution is -2.30. The van der Waals surface area contributed by atoms with Gasteiger partial charge in [0.05, 0.1) is 6.61 Å². The monoisotopic (exact) mass is 450 g/mol. The van der Waals surface area contributed by atoms with Crippen LogP contribution in [0.5, 0.6) is 5.75 Å². The Morgan fingerprint density at radius 2 is 1.79 bits per heavy atom. The molecule has 148 valence electrons. The number of ketones is 1. The molecule has 1 aliphatic heterocycles. The second-order valence-corrected chi connectivity index (χ2v) is 8.10. The summed E-state index contributed by atoms with van der Waals surface area (Å²) in [5, 5.41) is 0. The van der Waals surface area contributed by atoms with E-state index in [1.165, 1.54) is 5.56 Å². The zero-order chi connectivity index (χ0) is 20.1. The van der Waals surface area contributed by atoms with E-state index in [0.29, 0.717) is 13.2 Å². The van der Waals surface area contributed by atoms with Crippen LogP contribution in [-0.4, -0.2) is 11.9 Å². The molecular weight excluding hydrogens is 428 g/mol. The van der Waals surface area contributed by atoms with Crippen molar-refractivity contribution in [3.63, 3.8) is 0 Å². The van der Waals surface area contributed by atoms with Crippen molar-refractivity contribution in [2.24, 2.45) is 0 Å². The average molecular weight is 451 g/mol. The number of hydrogen-bond donors (Lipinski definition) is 0. The molecule has 3 aromatic carbocycles. The predicted octanol–water partition coefficient (Wildman–Crippen LogP) is 6.13. The minimum atomic E-state index is -0.360. The molecule has 0 aliphatic carbocycles. The summed E-state index contributed by atoms with van der Waals surface area (Å²) in [4.78, 5) is 12.8. The summed E-state index contributed by atoms with van der Waals surface area (Å²) >= 11 is 3.58. The van der Waals surface area contributed by atoms with Gasteiger partial charge in [0, 0.05) is 10.0 Å². The molecule has 0 fully saturated rings. The Bertz CT molecular complexity index is 984. The molecule has 0 aromatic heterocycles. The lowest BCUT2D eigenvalue weighted by Gasteiger charge is -2.24. The Morgan fingerprint density at radius 1 is 1.00 bits per heavy atom. The highest BCUT2D eigenvalue weighted by Crippen LogP contribution is 2.28. The Kier molecular flexibility index (Phi) is 6.43. The molecule has 0 saturated heterocycles. The fraction of sp³-hybridized carbons (Fsp3) is 0.240. The standard InChI is InChI=1S/C25H23BrO3/c26-23-11-5-4-9-19(23)10-6-12-24-25(27)22-14-13-21(15-20(22)17-29-24)28-16-18-7-2-1-3-8-18/h1-5,7-9,11,13-15,24H,6,10,12,16-17H2. The second-order valence-electron chi connectivity index (χ2n) is 7.24. The summed E-state index contributed by atoms with van der Waals surface area (Å²) in [6.07, 6.45) is 2.20. The molecule has 0 N–H and O–H groups in total. The van der Waals surface area contributed by atoms with Gasteiger partial charge < -0.3 is 9.47 Å². The molecule has 4 heteroatoms. The van der Waals surface area contributed by atoms with Gasteiger partial charge in [0.1, 0.15) is 18.5 Å². The van der Waals surface area contributed by atoms with Gasteiger partial charge in [0.2, 0.25) is 0 Å². The zero-order valence-corrected chi connectivity index (χ0v) is 17.7. The number of ether oxygens (including phenoxy) is 2. The topological polar surface area (TPSA) is 35.5 Å². The first-order chi connectivity index (χ1) is 14.2. The molecule has 4 rings (SSSR count). The highest BCUT2D eigenvalue weighted by molar-refractivity contribution is 9.10. The van der Waals surface area contributed by atoms with Crippen LogP contribution in [0.3, 0.4) is 0 Å². The first-order valence-electron chi connectivity index (χ1n) is 9.89. The maximum absolute atomic E-state index is 12.8. The predicted molar refractivity (Wildman–Crippen MR) is 117 cm³/mol. The largest absolute Gasteiger partial charge is 0.489 e. The van der Waals surface area contributed by atoms with Gasteiger partial charge in [-0.2, -0.15) is 0 Å². The molecule has 0 radical (unpaired) electrons. The molecular formula is C25H23BrO3. The fourth-order valence-electron chi connectivity index (χ4n) is 3.59. The number of benzene rings is 3. The van der Waals surface area contributed by atoms with Crippen molar-refractivity contribution in [2.45, 2.75) is 38.6 Å². The lowest BCUT2D eigenvalue weighted by atomic mass is 9.94. The maximum Gasteiger partial charge on any atom is 0.191 e. The van der Waals surface area contributed by atoms with E-state index < -0.39 is 0 Å². The third-order valence-corrected chi connectivity index (χ3v) is 5.97.